The van der Waals surface area contributed by atoms with Crippen molar-refractivity contribution in [2.24, 2.45) is 5.16 Å². The number of oxime groups is 1. The average molecular weight is 317 g/mol. The first-order valence-electron chi connectivity index (χ1n) is 6.85. The van der Waals surface area contributed by atoms with E-state index in [-0.39, 0.29) is 13.2 Å². The Morgan fingerprint density at radius 2 is 1.86 bits per heavy atom. The summed E-state index contributed by atoms with van der Waals surface area (Å²) >= 11 is 0. The Balaban J connectivity index is 4.45. The van der Waals surface area contributed by atoms with Gasteiger partial charge in [-0.05, 0) is 26.2 Å². The van der Waals surface area contributed by atoms with Gasteiger partial charge in [0.15, 0.2) is 6.73 Å². The molecule has 0 aromatic heterocycles. The summed E-state index contributed by atoms with van der Waals surface area (Å²) in [5.41, 5.74) is 0. The molecule has 0 aliphatic carbocycles. The van der Waals surface area contributed by atoms with Crippen molar-refractivity contribution in [2.75, 3.05) is 13.3 Å². The summed E-state index contributed by atoms with van der Waals surface area (Å²) in [6, 6.07) is -1.05. The Morgan fingerprint density at radius 3 is 2.32 bits per heavy atom. The van der Waals surface area contributed by atoms with Crippen LogP contribution in [0.5, 0.6) is 0 Å². The van der Waals surface area contributed by atoms with Gasteiger partial charge < -0.3 is 20.4 Å². The minimum absolute atomic E-state index is 0.229. The third kappa shape index (κ3) is 8.08. The summed E-state index contributed by atoms with van der Waals surface area (Å²) in [7, 11) is 0. The zero-order valence-corrected chi connectivity index (χ0v) is 13.0. The number of hydrogen-bond acceptors (Lipinski definition) is 6. The van der Waals surface area contributed by atoms with Gasteiger partial charge in [0.25, 0.3) is 0 Å². The van der Waals surface area contributed by atoms with E-state index in [1.807, 2.05) is 0 Å². The van der Waals surface area contributed by atoms with Crippen molar-refractivity contribution in [3.05, 3.63) is 0 Å². The fourth-order valence-electron chi connectivity index (χ4n) is 1.74. The van der Waals surface area contributed by atoms with Crippen LogP contribution in [0.4, 0.5) is 0 Å². The number of carbonyl (C=O) groups excluding carboxylic acids is 2. The van der Waals surface area contributed by atoms with Crippen molar-refractivity contribution < 1.29 is 29.4 Å². The maximum atomic E-state index is 11.5. The summed E-state index contributed by atoms with van der Waals surface area (Å²) < 4.78 is 4.72. The topological polar surface area (TPSA) is 129 Å². The van der Waals surface area contributed by atoms with Gasteiger partial charge in [0, 0.05) is 20.4 Å². The fraction of sp³-hybridized carbons (Fsp3) is 0.692. The molecular formula is C13H23N3O6. The largest absolute Gasteiger partial charge is 0.480 e. The van der Waals surface area contributed by atoms with Crippen molar-refractivity contribution in [2.45, 2.75) is 46.1 Å². The highest BCUT2D eigenvalue weighted by Gasteiger charge is 2.27. The van der Waals surface area contributed by atoms with Crippen LogP contribution in [0.2, 0.25) is 0 Å². The van der Waals surface area contributed by atoms with Crippen LogP contribution in [0.25, 0.3) is 0 Å². The number of carboxylic acids is 1. The number of carboxylic acid groups (broad SMARTS) is 1. The first kappa shape index (κ1) is 19.7. The van der Waals surface area contributed by atoms with Gasteiger partial charge in [-0.1, -0.05) is 5.16 Å². The molecule has 0 aliphatic rings. The molecule has 0 saturated carbocycles. The van der Waals surface area contributed by atoms with Crippen LogP contribution in [0.1, 0.15) is 40.0 Å². The molecule has 0 rings (SSSR count). The van der Waals surface area contributed by atoms with E-state index >= 15 is 0 Å². The Labute approximate surface area is 128 Å². The van der Waals surface area contributed by atoms with Crippen LogP contribution < -0.4 is 5.32 Å². The number of hydrogen-bond donors (Lipinski definition) is 3. The van der Waals surface area contributed by atoms with Crippen LogP contribution in [0.15, 0.2) is 5.16 Å². The lowest BCUT2D eigenvalue weighted by atomic mass is 10.1. The van der Waals surface area contributed by atoms with Crippen molar-refractivity contribution in [3.63, 3.8) is 0 Å². The number of amides is 1. The van der Waals surface area contributed by atoms with E-state index in [0.717, 1.165) is 4.90 Å². The summed E-state index contributed by atoms with van der Waals surface area (Å²) in [6.07, 6.45) is 1.40. The lowest BCUT2D eigenvalue weighted by Gasteiger charge is -2.27. The molecule has 126 valence electrons. The van der Waals surface area contributed by atoms with Crippen LogP contribution in [-0.2, 0) is 19.1 Å². The normalized spacial score (nSPS) is 12.4. The second-order valence-corrected chi connectivity index (χ2v) is 4.72. The van der Waals surface area contributed by atoms with Gasteiger partial charge >= 0.3 is 11.9 Å². The predicted octanol–water partition coefficient (Wildman–Crippen LogP) is 0.376. The van der Waals surface area contributed by atoms with Crippen molar-refractivity contribution in [1.82, 2.24) is 10.2 Å². The lowest BCUT2D eigenvalue weighted by molar-refractivity contribution is -0.161. The molecule has 1 amide bonds. The Bertz CT molecular complexity index is 424. The minimum atomic E-state index is -1.15. The van der Waals surface area contributed by atoms with Crippen molar-refractivity contribution in [3.8, 4) is 0 Å². The van der Waals surface area contributed by atoms with Crippen molar-refractivity contribution >= 4 is 23.7 Å². The molecule has 0 aromatic carbocycles. The summed E-state index contributed by atoms with van der Waals surface area (Å²) in [4.78, 5) is 34.7. The number of nitrogens with one attached hydrogen (secondary N) is 1. The molecule has 0 spiro atoms. The SMILES string of the molecule is CC(=O)OCN(C(C)=O)[C@@H](CCCCN/C(C)=N/O)C(=O)O. The molecule has 3 N–H and O–H groups in total. The van der Waals surface area contributed by atoms with Crippen LogP contribution >= 0.6 is 0 Å². The van der Waals surface area contributed by atoms with Crippen molar-refractivity contribution in [1.29, 1.82) is 0 Å². The molecule has 22 heavy (non-hydrogen) atoms. The maximum absolute atomic E-state index is 11.5. The Hall–Kier alpha value is -2.32. The smallest absolute Gasteiger partial charge is 0.326 e. The fourth-order valence-corrected chi connectivity index (χ4v) is 1.74. The number of nitrogens with zero attached hydrogens (tertiary/aromatic N) is 2. The highest BCUT2D eigenvalue weighted by atomic mass is 16.5. The number of unbranched alkanes of at least 4 members (excludes halogenated alkanes) is 1. The molecule has 1 atom stereocenters. The lowest BCUT2D eigenvalue weighted by Crippen LogP contribution is -2.45. The standard InChI is InChI=1S/C13H23N3O6/c1-9(15-21)14-7-5-4-6-12(13(19)20)16(10(2)17)8-22-11(3)18/h12,21H,4-8H2,1-3H3,(H,14,15)(H,19,20)/t12-/m0/s1. The molecule has 0 aliphatic heterocycles. The van der Waals surface area contributed by atoms with E-state index in [1.54, 1.807) is 6.92 Å². The number of ether oxygens (including phenoxy) is 1. The van der Waals surface area contributed by atoms with Gasteiger partial charge in [-0.15, -0.1) is 0 Å². The van der Waals surface area contributed by atoms with E-state index in [9.17, 15) is 19.5 Å². The Kier molecular flexibility index (Phi) is 9.31. The van der Waals surface area contributed by atoms with Gasteiger partial charge in [-0.25, -0.2) is 4.79 Å². The Morgan fingerprint density at radius 1 is 1.23 bits per heavy atom. The van der Waals surface area contributed by atoms with E-state index in [0.29, 0.717) is 25.2 Å². The van der Waals surface area contributed by atoms with E-state index in [2.05, 4.69) is 10.5 Å². The number of carbonyl (C=O) groups is 3. The molecule has 0 unspecified atom stereocenters. The molecule has 0 aromatic rings. The highest BCUT2D eigenvalue weighted by Crippen LogP contribution is 2.10. The minimum Gasteiger partial charge on any atom is -0.480 e. The van der Waals surface area contributed by atoms with Gasteiger partial charge in [-0.3, -0.25) is 14.5 Å². The third-order valence-corrected chi connectivity index (χ3v) is 2.91. The first-order valence-corrected chi connectivity index (χ1v) is 6.85. The van der Waals surface area contributed by atoms with E-state index in [4.69, 9.17) is 9.94 Å². The molecule has 0 heterocycles. The molecular weight excluding hydrogens is 294 g/mol. The summed E-state index contributed by atoms with van der Waals surface area (Å²) in [6.45, 7) is 4.14. The van der Waals surface area contributed by atoms with E-state index < -0.39 is 23.9 Å². The molecule has 9 nitrogen and oxygen atoms in total. The van der Waals surface area contributed by atoms with Gasteiger partial charge in [0.05, 0.1) is 0 Å². The van der Waals surface area contributed by atoms with Crippen LogP contribution in [-0.4, -0.2) is 58.2 Å². The molecule has 9 heteroatoms. The monoisotopic (exact) mass is 317 g/mol. The van der Waals surface area contributed by atoms with Crippen LogP contribution in [0, 0.1) is 0 Å². The van der Waals surface area contributed by atoms with Crippen LogP contribution in [0.3, 0.4) is 0 Å². The predicted molar refractivity (Wildman–Crippen MR) is 77.3 cm³/mol. The zero-order chi connectivity index (χ0) is 17.1. The maximum Gasteiger partial charge on any atom is 0.326 e. The van der Waals surface area contributed by atoms with Gasteiger partial charge in [0.1, 0.15) is 11.9 Å². The van der Waals surface area contributed by atoms with E-state index in [1.165, 1.54) is 13.8 Å². The number of esters is 1. The summed E-state index contributed by atoms with van der Waals surface area (Å²) in [5.74, 6) is -1.84. The van der Waals surface area contributed by atoms with Gasteiger partial charge in [-0.2, -0.15) is 0 Å². The second-order valence-electron chi connectivity index (χ2n) is 4.72. The molecule has 0 bridgehead atoms. The van der Waals surface area contributed by atoms with Gasteiger partial charge in [0.2, 0.25) is 5.91 Å². The average Bonchev–Trinajstić information content (AvgIpc) is 2.43. The third-order valence-electron chi connectivity index (χ3n) is 2.91. The molecule has 0 fully saturated rings. The number of rotatable bonds is 9. The summed E-state index contributed by atoms with van der Waals surface area (Å²) in [5, 5.41) is 23.5. The highest BCUT2D eigenvalue weighted by molar-refractivity contribution is 5.82. The molecule has 0 radical (unpaired) electrons. The number of amidine groups is 1. The number of aliphatic carboxylic acids is 1. The molecule has 0 saturated heterocycles. The first-order chi connectivity index (χ1) is 10.3. The quantitative estimate of drug-likeness (QED) is 0.107. The zero-order valence-electron chi connectivity index (χ0n) is 13.0. The second kappa shape index (κ2) is 10.4.